The topological polar surface area (TPSA) is 129 Å². The molecule has 1 aliphatic rings. The van der Waals surface area contributed by atoms with Crippen LogP contribution in [0.15, 0.2) is 0 Å². The van der Waals surface area contributed by atoms with Crippen LogP contribution in [0.1, 0.15) is 19.3 Å². The molecular weight excluding hydrogens is 220 g/mol. The van der Waals surface area contributed by atoms with Crippen LogP contribution in [-0.4, -0.2) is 39.0 Å². The minimum atomic E-state index is -2.16. The first-order valence-electron chi connectivity index (χ1n) is 4.53. The molecule has 1 fully saturated rings. The molecule has 0 aromatic rings. The van der Waals surface area contributed by atoms with Gasteiger partial charge in [-0.15, -0.1) is 0 Å². The van der Waals surface area contributed by atoms with Crippen molar-refractivity contribution in [2.45, 2.75) is 19.3 Å². The molecule has 1 unspecified atom stereocenters. The normalized spacial score (nSPS) is 23.8. The van der Waals surface area contributed by atoms with Crippen LogP contribution in [0.5, 0.6) is 0 Å². The monoisotopic (exact) mass is 230 g/mol. The molecule has 0 aromatic carbocycles. The first-order chi connectivity index (χ1) is 7.31. The second-order valence-electron chi connectivity index (χ2n) is 3.75. The second kappa shape index (κ2) is 3.92. The molecule has 16 heavy (non-hydrogen) atoms. The molecule has 0 aromatic heterocycles. The fourth-order valence-corrected chi connectivity index (χ4v) is 1.78. The van der Waals surface area contributed by atoms with E-state index in [2.05, 4.69) is 0 Å². The van der Waals surface area contributed by atoms with Crippen molar-refractivity contribution in [3.05, 3.63) is 0 Å². The maximum atomic E-state index is 11.2. The Morgan fingerprint density at radius 1 is 1.12 bits per heavy atom. The Morgan fingerprint density at radius 3 is 2.00 bits per heavy atom. The van der Waals surface area contributed by atoms with E-state index in [1.54, 1.807) is 0 Å². The highest BCUT2D eigenvalue weighted by atomic mass is 16.4. The third-order valence-electron chi connectivity index (χ3n) is 2.86. The van der Waals surface area contributed by atoms with Crippen LogP contribution in [0.4, 0.5) is 0 Å². The Morgan fingerprint density at radius 2 is 1.62 bits per heavy atom. The van der Waals surface area contributed by atoms with Gasteiger partial charge in [-0.2, -0.15) is 0 Å². The zero-order chi connectivity index (χ0) is 12.5. The van der Waals surface area contributed by atoms with Crippen LogP contribution >= 0.6 is 0 Å². The largest absolute Gasteiger partial charge is 0.481 e. The summed E-state index contributed by atoms with van der Waals surface area (Å²) in [5.74, 6) is -6.83. The zero-order valence-corrected chi connectivity index (χ0v) is 8.17. The first-order valence-corrected chi connectivity index (χ1v) is 4.53. The van der Waals surface area contributed by atoms with Gasteiger partial charge in [-0.25, -0.2) is 0 Å². The summed E-state index contributed by atoms with van der Waals surface area (Å²) >= 11 is 0. The van der Waals surface area contributed by atoms with E-state index >= 15 is 0 Å². The summed E-state index contributed by atoms with van der Waals surface area (Å²) < 4.78 is 0. The summed E-state index contributed by atoms with van der Waals surface area (Å²) in [6.45, 7) is 0. The number of carboxylic acids is 3. The number of hydrogen-bond donors (Lipinski definition) is 3. The van der Waals surface area contributed by atoms with Crippen LogP contribution in [0.25, 0.3) is 0 Å². The second-order valence-corrected chi connectivity index (χ2v) is 3.75. The molecule has 1 atom stereocenters. The number of carboxylic acid groups (broad SMARTS) is 3. The van der Waals surface area contributed by atoms with Gasteiger partial charge in [-0.1, -0.05) is 0 Å². The van der Waals surface area contributed by atoms with Gasteiger partial charge in [-0.3, -0.25) is 19.2 Å². The van der Waals surface area contributed by atoms with E-state index in [9.17, 15) is 19.2 Å². The van der Waals surface area contributed by atoms with Crippen molar-refractivity contribution in [1.29, 1.82) is 0 Å². The van der Waals surface area contributed by atoms with E-state index in [4.69, 9.17) is 15.3 Å². The van der Waals surface area contributed by atoms with Gasteiger partial charge in [0.1, 0.15) is 11.7 Å². The van der Waals surface area contributed by atoms with Gasteiger partial charge in [0, 0.05) is 6.42 Å². The van der Waals surface area contributed by atoms with E-state index < -0.39 is 41.4 Å². The molecule has 0 aliphatic heterocycles. The van der Waals surface area contributed by atoms with Crippen molar-refractivity contribution in [3.8, 4) is 0 Å². The highest BCUT2D eigenvalue weighted by Crippen LogP contribution is 2.38. The maximum Gasteiger partial charge on any atom is 0.321 e. The Hall–Kier alpha value is -1.92. The minimum Gasteiger partial charge on any atom is -0.481 e. The molecular formula is C9H10O7. The number of aliphatic carboxylic acids is 3. The predicted octanol–water partition coefficient (Wildman–Crippen LogP) is -0.404. The highest BCUT2D eigenvalue weighted by Gasteiger charge is 2.53. The highest BCUT2D eigenvalue weighted by molar-refractivity contribution is 6.05. The molecule has 7 heteroatoms. The van der Waals surface area contributed by atoms with Crippen molar-refractivity contribution in [2.75, 3.05) is 0 Å². The Balaban J connectivity index is 3.08. The lowest BCUT2D eigenvalue weighted by Crippen LogP contribution is -2.47. The van der Waals surface area contributed by atoms with Gasteiger partial charge in [-0.05, 0) is 12.8 Å². The molecule has 0 radical (unpaired) electrons. The van der Waals surface area contributed by atoms with Gasteiger partial charge < -0.3 is 15.3 Å². The molecule has 7 nitrogen and oxygen atoms in total. The van der Waals surface area contributed by atoms with E-state index in [0.29, 0.717) is 0 Å². The van der Waals surface area contributed by atoms with E-state index in [-0.39, 0.29) is 12.8 Å². The van der Waals surface area contributed by atoms with Crippen molar-refractivity contribution < 1.29 is 34.5 Å². The van der Waals surface area contributed by atoms with Crippen LogP contribution in [0.2, 0.25) is 0 Å². The number of ketones is 1. The van der Waals surface area contributed by atoms with Gasteiger partial charge in [0.25, 0.3) is 0 Å². The molecule has 0 heterocycles. The summed E-state index contributed by atoms with van der Waals surface area (Å²) in [5, 5.41) is 26.4. The summed E-state index contributed by atoms with van der Waals surface area (Å²) in [5.41, 5.74) is -2.16. The van der Waals surface area contributed by atoms with Crippen LogP contribution in [0.3, 0.4) is 0 Å². The standard InChI is InChI=1S/C9H10O7/c10-5-1-2-9(7(13)14,8(15)16)3-4(5)6(11)12/h4H,1-3H2,(H,11,12)(H,13,14)(H,15,16). The molecule has 88 valence electrons. The van der Waals surface area contributed by atoms with Crippen molar-refractivity contribution in [1.82, 2.24) is 0 Å². The van der Waals surface area contributed by atoms with Gasteiger partial charge in [0.15, 0.2) is 5.41 Å². The van der Waals surface area contributed by atoms with E-state index in [1.165, 1.54) is 0 Å². The smallest absolute Gasteiger partial charge is 0.321 e. The average molecular weight is 230 g/mol. The quantitative estimate of drug-likeness (QED) is 0.562. The first kappa shape index (κ1) is 12.2. The fourth-order valence-electron chi connectivity index (χ4n) is 1.78. The van der Waals surface area contributed by atoms with Gasteiger partial charge in [0.2, 0.25) is 0 Å². The SMILES string of the molecule is O=C(O)C1CC(C(=O)O)(C(=O)O)CCC1=O. The number of carbonyl (C=O) groups excluding carboxylic acids is 1. The van der Waals surface area contributed by atoms with Crippen molar-refractivity contribution in [3.63, 3.8) is 0 Å². The Kier molecular flexibility index (Phi) is 2.97. The molecule has 3 N–H and O–H groups in total. The predicted molar refractivity (Wildman–Crippen MR) is 47.7 cm³/mol. The summed E-state index contributed by atoms with van der Waals surface area (Å²) in [4.78, 5) is 43.7. The summed E-state index contributed by atoms with van der Waals surface area (Å²) in [7, 11) is 0. The molecule has 0 bridgehead atoms. The fraction of sp³-hybridized carbons (Fsp3) is 0.556. The van der Waals surface area contributed by atoms with Crippen molar-refractivity contribution >= 4 is 23.7 Å². The van der Waals surface area contributed by atoms with E-state index in [1.807, 2.05) is 0 Å². The van der Waals surface area contributed by atoms with E-state index in [0.717, 1.165) is 0 Å². The molecule has 0 saturated heterocycles. The number of carbonyl (C=O) groups is 4. The molecule has 1 aliphatic carbocycles. The lowest BCUT2D eigenvalue weighted by atomic mass is 9.69. The summed E-state index contributed by atoms with van der Waals surface area (Å²) in [6, 6.07) is 0. The lowest BCUT2D eigenvalue weighted by Gasteiger charge is -2.31. The number of rotatable bonds is 3. The minimum absolute atomic E-state index is 0.338. The van der Waals surface area contributed by atoms with Crippen LogP contribution in [0, 0.1) is 11.3 Å². The number of hydrogen-bond acceptors (Lipinski definition) is 4. The van der Waals surface area contributed by atoms with Crippen LogP contribution < -0.4 is 0 Å². The molecule has 1 rings (SSSR count). The Bertz CT molecular complexity index is 356. The lowest BCUT2D eigenvalue weighted by molar-refractivity contribution is -0.170. The van der Waals surface area contributed by atoms with Gasteiger partial charge >= 0.3 is 17.9 Å². The Labute approximate surface area is 89.7 Å². The maximum absolute atomic E-state index is 11.2. The third-order valence-corrected chi connectivity index (χ3v) is 2.86. The summed E-state index contributed by atoms with van der Waals surface area (Å²) in [6.07, 6.45) is -1.39. The zero-order valence-electron chi connectivity index (χ0n) is 8.17. The molecule has 1 saturated carbocycles. The van der Waals surface area contributed by atoms with Crippen molar-refractivity contribution in [2.24, 2.45) is 11.3 Å². The average Bonchev–Trinajstić information content (AvgIpc) is 2.17. The van der Waals surface area contributed by atoms with Gasteiger partial charge in [0.05, 0.1) is 0 Å². The third kappa shape index (κ3) is 1.75. The number of Topliss-reactive ketones (excluding diaryl/α,β-unsaturated/α-hetero) is 1. The molecule has 0 spiro atoms. The molecule has 0 amide bonds. The van der Waals surface area contributed by atoms with Crippen LogP contribution in [-0.2, 0) is 19.2 Å².